The van der Waals surface area contributed by atoms with Crippen molar-refractivity contribution in [2.45, 2.75) is 24.5 Å². The molecule has 0 amide bonds. The predicted molar refractivity (Wildman–Crippen MR) is 74.9 cm³/mol. The van der Waals surface area contributed by atoms with Crippen molar-refractivity contribution >= 4 is 10.0 Å². The molecule has 0 aliphatic carbocycles. The van der Waals surface area contributed by atoms with Gasteiger partial charge in [0.25, 0.3) is 15.2 Å². The van der Waals surface area contributed by atoms with Crippen LogP contribution in [0, 0.1) is 0 Å². The van der Waals surface area contributed by atoms with Crippen molar-refractivity contribution < 1.29 is 13.2 Å². The van der Waals surface area contributed by atoms with Crippen LogP contribution in [-0.2, 0) is 34.1 Å². The molecule has 21 heavy (non-hydrogen) atoms. The Kier molecular flexibility index (Phi) is 4.99. The lowest BCUT2D eigenvalue weighted by molar-refractivity contribution is 0.183. The summed E-state index contributed by atoms with van der Waals surface area (Å²) in [6.45, 7) is 0.679. The Hall–Kier alpha value is -1.84. The van der Waals surface area contributed by atoms with Crippen molar-refractivity contribution in [2.24, 2.45) is 5.14 Å². The molecule has 0 fully saturated rings. The maximum Gasteiger partial charge on any atom is 0.273 e. The molecule has 0 bridgehead atoms. The zero-order valence-electron chi connectivity index (χ0n) is 11.6. The molecular formula is C12H17N5O3S. The fraction of sp³-hybridized carbons (Fsp3) is 0.417. The van der Waals surface area contributed by atoms with E-state index in [2.05, 4.69) is 15.2 Å². The van der Waals surface area contributed by atoms with Crippen LogP contribution in [0.2, 0.25) is 0 Å². The maximum atomic E-state index is 11.5. The minimum absolute atomic E-state index is 0.235. The Morgan fingerprint density at radius 3 is 2.76 bits per heavy atom. The standard InChI is InChI=1S/C12H17N5O3S/c1-20-8-7-17-11(15-16-12(17)21(13,18)19)5-4-10-3-2-6-14-9-10/h2-3,6,9H,4-5,7-8H2,1H3,(H2,13,18,19). The SMILES string of the molecule is COCCn1c(CCc2cccnc2)nnc1S(N)(=O)=O. The van der Waals surface area contributed by atoms with Crippen molar-refractivity contribution in [2.75, 3.05) is 13.7 Å². The summed E-state index contributed by atoms with van der Waals surface area (Å²) in [4.78, 5) is 4.03. The molecule has 9 heteroatoms. The molecule has 2 N–H and O–H groups in total. The first-order valence-electron chi connectivity index (χ1n) is 6.35. The second-order valence-electron chi connectivity index (χ2n) is 4.45. The van der Waals surface area contributed by atoms with Crippen LogP contribution < -0.4 is 5.14 Å². The van der Waals surface area contributed by atoms with Gasteiger partial charge in [-0.3, -0.25) is 9.55 Å². The number of rotatable bonds is 7. The number of methoxy groups -OCH3 is 1. The number of aryl methyl sites for hydroxylation is 2. The van der Waals surface area contributed by atoms with Gasteiger partial charge in [0.1, 0.15) is 5.82 Å². The zero-order valence-corrected chi connectivity index (χ0v) is 12.5. The summed E-state index contributed by atoms with van der Waals surface area (Å²) < 4.78 is 29.5. The molecule has 0 saturated carbocycles. The monoisotopic (exact) mass is 311 g/mol. The molecule has 114 valence electrons. The number of nitrogens with zero attached hydrogens (tertiary/aromatic N) is 4. The quantitative estimate of drug-likeness (QED) is 0.754. The van der Waals surface area contributed by atoms with Crippen molar-refractivity contribution in [1.29, 1.82) is 0 Å². The van der Waals surface area contributed by atoms with Gasteiger partial charge in [-0.2, -0.15) is 0 Å². The van der Waals surface area contributed by atoms with Crippen LogP contribution in [0.15, 0.2) is 29.7 Å². The van der Waals surface area contributed by atoms with E-state index in [-0.39, 0.29) is 5.16 Å². The van der Waals surface area contributed by atoms with Crippen LogP contribution in [0.3, 0.4) is 0 Å². The molecule has 0 spiro atoms. The minimum Gasteiger partial charge on any atom is -0.383 e. The van der Waals surface area contributed by atoms with Crippen molar-refractivity contribution in [1.82, 2.24) is 19.7 Å². The summed E-state index contributed by atoms with van der Waals surface area (Å²) >= 11 is 0. The van der Waals surface area contributed by atoms with E-state index in [9.17, 15) is 8.42 Å². The number of hydrogen-bond donors (Lipinski definition) is 1. The van der Waals surface area contributed by atoms with Crippen molar-refractivity contribution in [3.63, 3.8) is 0 Å². The first-order chi connectivity index (χ1) is 10.0. The van der Waals surface area contributed by atoms with Crippen LogP contribution in [0.25, 0.3) is 0 Å². The fourth-order valence-electron chi connectivity index (χ4n) is 1.92. The number of sulfonamides is 1. The van der Waals surface area contributed by atoms with Gasteiger partial charge >= 0.3 is 0 Å². The Balaban J connectivity index is 2.20. The molecule has 2 aromatic heterocycles. The average molecular weight is 311 g/mol. The summed E-state index contributed by atoms with van der Waals surface area (Å²) in [5, 5.41) is 12.5. The lowest BCUT2D eigenvalue weighted by Crippen LogP contribution is -2.21. The molecule has 0 unspecified atom stereocenters. The fourth-order valence-corrected chi connectivity index (χ4v) is 2.58. The Bertz CT molecular complexity index is 684. The summed E-state index contributed by atoms with van der Waals surface area (Å²) in [6, 6.07) is 3.80. The first-order valence-corrected chi connectivity index (χ1v) is 7.89. The summed E-state index contributed by atoms with van der Waals surface area (Å²) in [7, 11) is -2.37. The third-order valence-corrected chi connectivity index (χ3v) is 3.74. The van der Waals surface area contributed by atoms with Gasteiger partial charge in [0.2, 0.25) is 0 Å². The Morgan fingerprint density at radius 2 is 2.14 bits per heavy atom. The third-order valence-electron chi connectivity index (χ3n) is 2.93. The van der Waals surface area contributed by atoms with Crippen molar-refractivity contribution in [3.05, 3.63) is 35.9 Å². The van der Waals surface area contributed by atoms with Gasteiger partial charge < -0.3 is 4.74 Å². The molecule has 0 aliphatic rings. The minimum atomic E-state index is -3.90. The lowest BCUT2D eigenvalue weighted by Gasteiger charge is -2.08. The van der Waals surface area contributed by atoms with Crippen LogP contribution in [-0.4, -0.2) is 41.9 Å². The maximum absolute atomic E-state index is 11.5. The Labute approximate surface area is 123 Å². The largest absolute Gasteiger partial charge is 0.383 e. The van der Waals surface area contributed by atoms with Gasteiger partial charge in [0, 0.05) is 32.5 Å². The van der Waals surface area contributed by atoms with Gasteiger partial charge in [0.15, 0.2) is 0 Å². The van der Waals surface area contributed by atoms with Gasteiger partial charge in [-0.1, -0.05) is 6.07 Å². The molecule has 8 nitrogen and oxygen atoms in total. The average Bonchev–Trinajstić information content (AvgIpc) is 2.87. The predicted octanol–water partition coefficient (Wildman–Crippen LogP) is -0.248. The topological polar surface area (TPSA) is 113 Å². The molecule has 2 heterocycles. The highest BCUT2D eigenvalue weighted by molar-refractivity contribution is 7.89. The number of primary sulfonamides is 1. The summed E-state index contributed by atoms with van der Waals surface area (Å²) in [5.74, 6) is 0.555. The number of hydrogen-bond acceptors (Lipinski definition) is 6. The van der Waals surface area contributed by atoms with Crippen LogP contribution in [0.1, 0.15) is 11.4 Å². The molecule has 0 atom stereocenters. The first kappa shape index (κ1) is 15.5. The van der Waals surface area contributed by atoms with Gasteiger partial charge in [-0.05, 0) is 18.1 Å². The molecule has 2 rings (SSSR count). The summed E-state index contributed by atoms with van der Waals surface area (Å²) in [6.07, 6.45) is 4.68. The lowest BCUT2D eigenvalue weighted by atomic mass is 10.1. The van der Waals surface area contributed by atoms with E-state index in [1.54, 1.807) is 12.4 Å². The van der Waals surface area contributed by atoms with E-state index < -0.39 is 10.0 Å². The van der Waals surface area contributed by atoms with Crippen LogP contribution in [0.4, 0.5) is 0 Å². The van der Waals surface area contributed by atoms with E-state index in [0.717, 1.165) is 5.56 Å². The van der Waals surface area contributed by atoms with Crippen molar-refractivity contribution in [3.8, 4) is 0 Å². The highest BCUT2D eigenvalue weighted by Gasteiger charge is 2.20. The molecule has 2 aromatic rings. The van der Waals surface area contributed by atoms with E-state index in [0.29, 0.717) is 31.8 Å². The van der Waals surface area contributed by atoms with E-state index in [1.807, 2.05) is 12.1 Å². The molecule has 0 aliphatic heterocycles. The second-order valence-corrected chi connectivity index (χ2v) is 5.90. The molecule has 0 saturated heterocycles. The number of nitrogens with two attached hydrogens (primary N) is 1. The zero-order chi connectivity index (χ0) is 15.3. The highest BCUT2D eigenvalue weighted by atomic mass is 32.2. The third kappa shape index (κ3) is 4.06. The molecule has 0 radical (unpaired) electrons. The van der Waals surface area contributed by atoms with Crippen LogP contribution >= 0.6 is 0 Å². The number of ether oxygens (including phenoxy) is 1. The van der Waals surface area contributed by atoms with Gasteiger partial charge in [-0.15, -0.1) is 10.2 Å². The number of aromatic nitrogens is 4. The van der Waals surface area contributed by atoms with Gasteiger partial charge in [-0.25, -0.2) is 13.6 Å². The normalized spacial score (nSPS) is 11.7. The van der Waals surface area contributed by atoms with E-state index >= 15 is 0 Å². The van der Waals surface area contributed by atoms with E-state index in [1.165, 1.54) is 11.7 Å². The highest BCUT2D eigenvalue weighted by Crippen LogP contribution is 2.10. The molecular weight excluding hydrogens is 294 g/mol. The smallest absolute Gasteiger partial charge is 0.273 e. The number of pyridine rings is 1. The van der Waals surface area contributed by atoms with Gasteiger partial charge in [0.05, 0.1) is 6.61 Å². The summed E-state index contributed by atoms with van der Waals surface area (Å²) in [5.41, 5.74) is 1.04. The second kappa shape index (κ2) is 6.74. The molecule has 0 aromatic carbocycles. The Morgan fingerprint density at radius 1 is 1.33 bits per heavy atom. The van der Waals surface area contributed by atoms with Crippen LogP contribution in [0.5, 0.6) is 0 Å². The van der Waals surface area contributed by atoms with E-state index in [4.69, 9.17) is 9.88 Å².